The summed E-state index contributed by atoms with van der Waals surface area (Å²) in [5.41, 5.74) is 2.26. The molecule has 0 aliphatic rings. The van der Waals surface area contributed by atoms with Crippen LogP contribution in [-0.4, -0.2) is 24.8 Å². The van der Waals surface area contributed by atoms with Gasteiger partial charge in [-0.3, -0.25) is 0 Å². The first-order chi connectivity index (χ1) is 9.70. The first-order valence-corrected chi connectivity index (χ1v) is 7.23. The van der Waals surface area contributed by atoms with Gasteiger partial charge in [0.15, 0.2) is 0 Å². The van der Waals surface area contributed by atoms with Gasteiger partial charge in [-0.25, -0.2) is 0 Å². The summed E-state index contributed by atoms with van der Waals surface area (Å²) in [5, 5.41) is 4.54. The van der Waals surface area contributed by atoms with Crippen LogP contribution < -0.4 is 5.32 Å². The Hall–Kier alpha value is -1.000. The lowest BCUT2D eigenvalue weighted by atomic mass is 10.2. The van der Waals surface area contributed by atoms with Gasteiger partial charge >= 0.3 is 0 Å². The third-order valence-corrected chi connectivity index (χ3v) is 3.87. The van der Waals surface area contributed by atoms with Crippen molar-refractivity contribution in [3.05, 3.63) is 57.8 Å². The van der Waals surface area contributed by atoms with Crippen LogP contribution >= 0.6 is 23.2 Å². The van der Waals surface area contributed by atoms with Gasteiger partial charge in [0.25, 0.3) is 0 Å². The topological polar surface area (TPSA) is 26.2 Å². The smallest absolute Gasteiger partial charge is 0.0642 e. The molecule has 0 aliphatic carbocycles. The first kappa shape index (κ1) is 15.4. The third kappa shape index (κ3) is 4.25. The SMILES string of the molecule is COCCNCc1ccn(Cc2cccc(Cl)c2Cl)c1. The Kier molecular flexibility index (Phi) is 5.92. The molecule has 1 N–H and O–H groups in total. The molecule has 2 rings (SSSR count). The molecule has 20 heavy (non-hydrogen) atoms. The van der Waals surface area contributed by atoms with Crippen LogP contribution in [0, 0.1) is 0 Å². The fraction of sp³-hybridized carbons (Fsp3) is 0.333. The van der Waals surface area contributed by atoms with Crippen LogP contribution in [0.2, 0.25) is 10.0 Å². The van der Waals surface area contributed by atoms with E-state index in [2.05, 4.69) is 22.1 Å². The number of ether oxygens (including phenoxy) is 1. The van der Waals surface area contributed by atoms with Crippen LogP contribution in [0.4, 0.5) is 0 Å². The number of aromatic nitrogens is 1. The second-order valence-corrected chi connectivity index (χ2v) is 5.36. The summed E-state index contributed by atoms with van der Waals surface area (Å²) >= 11 is 12.2. The zero-order valence-corrected chi connectivity index (χ0v) is 12.9. The molecular weight excluding hydrogens is 295 g/mol. The monoisotopic (exact) mass is 312 g/mol. The largest absolute Gasteiger partial charge is 0.383 e. The standard InChI is InChI=1S/C15H18Cl2N2O/c1-20-8-6-18-9-12-5-7-19(10-12)11-13-3-2-4-14(16)15(13)17/h2-5,7,10,18H,6,8-9,11H2,1H3. The number of benzene rings is 1. The van der Waals surface area contributed by atoms with Gasteiger partial charge in [-0.2, -0.15) is 0 Å². The van der Waals surface area contributed by atoms with Crippen molar-refractivity contribution in [2.45, 2.75) is 13.1 Å². The van der Waals surface area contributed by atoms with Gasteiger partial charge in [-0.1, -0.05) is 35.3 Å². The number of nitrogens with one attached hydrogen (secondary N) is 1. The molecule has 1 heterocycles. The molecule has 0 aliphatic heterocycles. The van der Waals surface area contributed by atoms with Crippen LogP contribution in [0.3, 0.4) is 0 Å². The Morgan fingerprint density at radius 3 is 2.90 bits per heavy atom. The Labute approximate surface area is 129 Å². The molecule has 5 heteroatoms. The number of halogens is 2. The average Bonchev–Trinajstić information content (AvgIpc) is 2.88. The lowest BCUT2D eigenvalue weighted by Gasteiger charge is -2.07. The Morgan fingerprint density at radius 2 is 2.10 bits per heavy atom. The van der Waals surface area contributed by atoms with Crippen LogP contribution in [-0.2, 0) is 17.8 Å². The van der Waals surface area contributed by atoms with Gasteiger partial charge < -0.3 is 14.6 Å². The predicted molar refractivity (Wildman–Crippen MR) is 83.6 cm³/mol. The van der Waals surface area contributed by atoms with Gasteiger partial charge in [0.2, 0.25) is 0 Å². The molecule has 0 amide bonds. The number of hydrogen-bond acceptors (Lipinski definition) is 2. The minimum Gasteiger partial charge on any atom is -0.383 e. The molecule has 0 radical (unpaired) electrons. The van der Waals surface area contributed by atoms with Gasteiger partial charge in [0.05, 0.1) is 16.7 Å². The quantitative estimate of drug-likeness (QED) is 0.791. The molecule has 0 saturated heterocycles. The van der Waals surface area contributed by atoms with Crippen molar-refractivity contribution in [2.24, 2.45) is 0 Å². The number of rotatable bonds is 7. The fourth-order valence-corrected chi connectivity index (χ4v) is 2.35. The van der Waals surface area contributed by atoms with Crippen LogP contribution in [0.15, 0.2) is 36.7 Å². The van der Waals surface area contributed by atoms with E-state index in [4.69, 9.17) is 27.9 Å². The van der Waals surface area contributed by atoms with Gasteiger partial charge in [-0.15, -0.1) is 0 Å². The molecule has 3 nitrogen and oxygen atoms in total. The van der Waals surface area contributed by atoms with Crippen molar-refractivity contribution in [3.8, 4) is 0 Å². The Balaban J connectivity index is 1.94. The molecule has 0 saturated carbocycles. The van der Waals surface area contributed by atoms with E-state index >= 15 is 0 Å². The molecule has 0 atom stereocenters. The van der Waals surface area contributed by atoms with Gasteiger partial charge in [-0.05, 0) is 23.3 Å². The first-order valence-electron chi connectivity index (χ1n) is 6.48. The molecule has 1 aromatic heterocycles. The van der Waals surface area contributed by atoms with E-state index in [1.54, 1.807) is 13.2 Å². The van der Waals surface area contributed by atoms with E-state index in [0.29, 0.717) is 10.0 Å². The summed E-state index contributed by atoms with van der Waals surface area (Å²) in [7, 11) is 1.70. The van der Waals surface area contributed by atoms with E-state index in [1.165, 1.54) is 5.56 Å². The highest BCUT2D eigenvalue weighted by molar-refractivity contribution is 6.42. The summed E-state index contributed by atoms with van der Waals surface area (Å²) in [6.07, 6.45) is 4.15. The number of hydrogen-bond donors (Lipinski definition) is 1. The van der Waals surface area contributed by atoms with Crippen molar-refractivity contribution in [3.63, 3.8) is 0 Å². The normalized spacial score (nSPS) is 10.9. The molecule has 0 unspecified atom stereocenters. The zero-order chi connectivity index (χ0) is 14.4. The van der Waals surface area contributed by atoms with Crippen molar-refractivity contribution < 1.29 is 4.74 Å². The summed E-state index contributed by atoms with van der Waals surface area (Å²) in [4.78, 5) is 0. The summed E-state index contributed by atoms with van der Waals surface area (Å²) in [5.74, 6) is 0. The summed E-state index contributed by atoms with van der Waals surface area (Å²) < 4.78 is 7.10. The second-order valence-electron chi connectivity index (χ2n) is 4.57. The molecule has 0 fully saturated rings. The van der Waals surface area contributed by atoms with Crippen molar-refractivity contribution in [1.29, 1.82) is 0 Å². The third-order valence-electron chi connectivity index (χ3n) is 3.01. The summed E-state index contributed by atoms with van der Waals surface area (Å²) in [6.45, 7) is 3.12. The average molecular weight is 313 g/mol. The minimum atomic E-state index is 0.595. The Bertz CT molecular complexity index is 555. The highest BCUT2D eigenvalue weighted by atomic mass is 35.5. The summed E-state index contributed by atoms with van der Waals surface area (Å²) in [6, 6.07) is 7.80. The molecule has 0 bridgehead atoms. The van der Waals surface area contributed by atoms with E-state index < -0.39 is 0 Å². The highest BCUT2D eigenvalue weighted by Gasteiger charge is 2.05. The van der Waals surface area contributed by atoms with E-state index in [1.807, 2.05) is 18.3 Å². The fourth-order valence-electron chi connectivity index (χ4n) is 1.97. The predicted octanol–water partition coefficient (Wildman–Crippen LogP) is 3.58. The highest BCUT2D eigenvalue weighted by Crippen LogP contribution is 2.26. The second kappa shape index (κ2) is 7.70. The molecule has 2 aromatic rings. The maximum Gasteiger partial charge on any atom is 0.0642 e. The van der Waals surface area contributed by atoms with E-state index in [0.717, 1.165) is 31.8 Å². The molecule has 0 spiro atoms. The zero-order valence-electron chi connectivity index (χ0n) is 11.4. The van der Waals surface area contributed by atoms with Gasteiger partial charge in [0, 0.05) is 39.1 Å². The minimum absolute atomic E-state index is 0.595. The van der Waals surface area contributed by atoms with E-state index in [-0.39, 0.29) is 0 Å². The lowest BCUT2D eigenvalue weighted by molar-refractivity contribution is 0.199. The van der Waals surface area contributed by atoms with Crippen LogP contribution in [0.1, 0.15) is 11.1 Å². The van der Waals surface area contributed by atoms with Crippen molar-refractivity contribution in [2.75, 3.05) is 20.3 Å². The van der Waals surface area contributed by atoms with Crippen molar-refractivity contribution >= 4 is 23.2 Å². The van der Waals surface area contributed by atoms with Gasteiger partial charge in [0.1, 0.15) is 0 Å². The van der Waals surface area contributed by atoms with Crippen LogP contribution in [0.5, 0.6) is 0 Å². The lowest BCUT2D eigenvalue weighted by Crippen LogP contribution is -2.18. The molecule has 108 valence electrons. The maximum absolute atomic E-state index is 6.20. The molecule has 1 aromatic carbocycles. The number of methoxy groups -OCH3 is 1. The molecular formula is C15H18Cl2N2O. The Morgan fingerprint density at radius 1 is 1.25 bits per heavy atom. The van der Waals surface area contributed by atoms with E-state index in [9.17, 15) is 0 Å². The number of nitrogens with zero attached hydrogens (tertiary/aromatic N) is 1. The van der Waals surface area contributed by atoms with Crippen LogP contribution in [0.25, 0.3) is 0 Å². The maximum atomic E-state index is 6.20. The van der Waals surface area contributed by atoms with Crippen molar-refractivity contribution in [1.82, 2.24) is 9.88 Å².